The zero-order valence-corrected chi connectivity index (χ0v) is 12.4. The van der Waals surface area contributed by atoms with Gasteiger partial charge in [0.05, 0.1) is 0 Å². The van der Waals surface area contributed by atoms with Crippen LogP contribution in [-0.4, -0.2) is 20.9 Å². The maximum absolute atomic E-state index is 4.19. The van der Waals surface area contributed by atoms with Gasteiger partial charge in [0.2, 0.25) is 0 Å². The first-order chi connectivity index (χ1) is 8.16. The van der Waals surface area contributed by atoms with E-state index in [0.717, 1.165) is 12.5 Å². The number of rotatable bonds is 12. The van der Waals surface area contributed by atoms with Crippen LogP contribution in [0.3, 0.4) is 0 Å². The zero-order valence-electron chi connectivity index (χ0n) is 12.4. The van der Waals surface area contributed by atoms with Crippen LogP contribution in [0.5, 0.6) is 0 Å². The summed E-state index contributed by atoms with van der Waals surface area (Å²) < 4.78 is 0. The van der Waals surface area contributed by atoms with Crippen molar-refractivity contribution in [3.63, 3.8) is 0 Å². The molecule has 0 unspecified atom stereocenters. The molecule has 0 bridgehead atoms. The van der Waals surface area contributed by atoms with Gasteiger partial charge in [0.15, 0.2) is 7.28 Å². The molecule has 0 saturated heterocycles. The predicted octanol–water partition coefficient (Wildman–Crippen LogP) is 3.96. The van der Waals surface area contributed by atoms with E-state index >= 15 is 0 Å². The van der Waals surface area contributed by atoms with Gasteiger partial charge in [0.1, 0.15) is 0 Å². The minimum Gasteiger partial charge on any atom is -0.320 e. The SMILES string of the molecule is C=C(BCCCCC(C)C)CCCCCNC. The van der Waals surface area contributed by atoms with Gasteiger partial charge in [-0.15, -0.1) is 12.1 Å². The van der Waals surface area contributed by atoms with Crippen molar-refractivity contribution in [2.24, 2.45) is 5.92 Å². The predicted molar refractivity (Wildman–Crippen MR) is 82.2 cm³/mol. The van der Waals surface area contributed by atoms with E-state index in [0.29, 0.717) is 0 Å². The Bertz CT molecular complexity index is 178. The van der Waals surface area contributed by atoms with Crippen molar-refractivity contribution in [3.8, 4) is 0 Å². The largest absolute Gasteiger partial charge is 0.320 e. The Kier molecular flexibility index (Phi) is 12.1. The van der Waals surface area contributed by atoms with E-state index in [9.17, 15) is 0 Å². The lowest BCUT2D eigenvalue weighted by molar-refractivity contribution is 0.549. The Morgan fingerprint density at radius 1 is 1.12 bits per heavy atom. The van der Waals surface area contributed by atoms with Crippen molar-refractivity contribution in [1.29, 1.82) is 0 Å². The maximum Gasteiger partial charge on any atom is 0.151 e. The van der Waals surface area contributed by atoms with Crippen LogP contribution < -0.4 is 5.32 Å². The van der Waals surface area contributed by atoms with E-state index in [2.05, 4.69) is 25.7 Å². The number of hydrogen-bond acceptors (Lipinski definition) is 1. The first-order valence-corrected chi connectivity index (χ1v) is 7.48. The molecule has 0 aromatic rings. The highest BCUT2D eigenvalue weighted by molar-refractivity contribution is 6.44. The highest BCUT2D eigenvalue weighted by Gasteiger charge is 1.99. The molecule has 0 radical (unpaired) electrons. The van der Waals surface area contributed by atoms with Gasteiger partial charge in [-0.25, -0.2) is 0 Å². The van der Waals surface area contributed by atoms with E-state index < -0.39 is 0 Å². The standard InChI is InChI=1S/C15H32BN/c1-14(2)10-7-8-12-16-15(3)11-6-5-9-13-17-4/h14,16-17H,3,5-13H2,1-2,4H3. The summed E-state index contributed by atoms with van der Waals surface area (Å²) in [5, 5.41) is 3.19. The number of hydrogen-bond donors (Lipinski definition) is 1. The monoisotopic (exact) mass is 237 g/mol. The third-order valence-corrected chi connectivity index (χ3v) is 3.27. The molecule has 0 saturated carbocycles. The van der Waals surface area contributed by atoms with Crippen LogP contribution >= 0.6 is 0 Å². The summed E-state index contributed by atoms with van der Waals surface area (Å²) >= 11 is 0. The second-order valence-electron chi connectivity index (χ2n) is 5.66. The minimum absolute atomic E-state index is 0.866. The molecule has 1 nitrogen and oxygen atoms in total. The summed E-state index contributed by atoms with van der Waals surface area (Å²) in [6, 6.07) is 0. The van der Waals surface area contributed by atoms with Crippen LogP contribution in [0.25, 0.3) is 0 Å². The van der Waals surface area contributed by atoms with E-state index in [1.807, 2.05) is 7.05 Å². The molecule has 1 N–H and O–H groups in total. The normalized spacial score (nSPS) is 10.8. The summed E-state index contributed by atoms with van der Waals surface area (Å²) in [5.41, 5.74) is 1.47. The highest BCUT2D eigenvalue weighted by atomic mass is 14.8. The van der Waals surface area contributed by atoms with E-state index in [-0.39, 0.29) is 0 Å². The molecule has 17 heavy (non-hydrogen) atoms. The molecule has 2 heteroatoms. The van der Waals surface area contributed by atoms with Gasteiger partial charge < -0.3 is 5.32 Å². The minimum atomic E-state index is 0.866. The van der Waals surface area contributed by atoms with Gasteiger partial charge >= 0.3 is 0 Å². The molecular weight excluding hydrogens is 205 g/mol. The van der Waals surface area contributed by atoms with Gasteiger partial charge in [-0.1, -0.05) is 52.3 Å². The van der Waals surface area contributed by atoms with E-state index in [1.54, 1.807) is 0 Å². The second-order valence-corrected chi connectivity index (χ2v) is 5.66. The quantitative estimate of drug-likeness (QED) is 0.400. The van der Waals surface area contributed by atoms with Gasteiger partial charge in [0, 0.05) is 0 Å². The van der Waals surface area contributed by atoms with Crippen molar-refractivity contribution in [3.05, 3.63) is 12.1 Å². The fourth-order valence-corrected chi connectivity index (χ4v) is 2.08. The van der Waals surface area contributed by atoms with Gasteiger partial charge in [0.25, 0.3) is 0 Å². The van der Waals surface area contributed by atoms with Crippen LogP contribution in [0, 0.1) is 5.92 Å². The summed E-state index contributed by atoms with van der Waals surface area (Å²) in [7, 11) is 3.28. The van der Waals surface area contributed by atoms with Gasteiger partial charge in [-0.2, -0.15) is 0 Å². The Morgan fingerprint density at radius 3 is 2.53 bits per heavy atom. The molecule has 0 aliphatic heterocycles. The average molecular weight is 237 g/mol. The summed E-state index contributed by atoms with van der Waals surface area (Å²) in [6.07, 6.45) is 10.7. The molecule has 0 rings (SSSR count). The zero-order chi connectivity index (χ0) is 12.9. The van der Waals surface area contributed by atoms with Crippen molar-refractivity contribution >= 4 is 7.28 Å². The lowest BCUT2D eigenvalue weighted by Gasteiger charge is -2.06. The lowest BCUT2D eigenvalue weighted by Crippen LogP contribution is -2.07. The van der Waals surface area contributed by atoms with Crippen LogP contribution in [0.4, 0.5) is 0 Å². The molecule has 0 amide bonds. The Hall–Kier alpha value is -0.235. The molecule has 0 aromatic carbocycles. The fraction of sp³-hybridized carbons (Fsp3) is 0.867. The molecule has 0 atom stereocenters. The number of unbranched alkanes of at least 4 members (excludes halogenated alkanes) is 3. The first-order valence-electron chi connectivity index (χ1n) is 7.48. The van der Waals surface area contributed by atoms with Crippen molar-refractivity contribution < 1.29 is 0 Å². The molecular formula is C15H32BN. The average Bonchev–Trinajstić information content (AvgIpc) is 2.28. The second kappa shape index (κ2) is 12.2. The number of allylic oxidation sites excluding steroid dienone is 1. The van der Waals surface area contributed by atoms with Crippen molar-refractivity contribution in [2.75, 3.05) is 13.6 Å². The summed E-state index contributed by atoms with van der Waals surface area (Å²) in [4.78, 5) is 0. The van der Waals surface area contributed by atoms with Crippen molar-refractivity contribution in [2.45, 2.75) is 65.1 Å². The van der Waals surface area contributed by atoms with Gasteiger partial charge in [-0.3, -0.25) is 0 Å². The maximum atomic E-state index is 4.19. The molecule has 0 aliphatic rings. The molecule has 0 spiro atoms. The van der Waals surface area contributed by atoms with E-state index in [1.165, 1.54) is 64.0 Å². The highest BCUT2D eigenvalue weighted by Crippen LogP contribution is 2.11. The van der Waals surface area contributed by atoms with Crippen molar-refractivity contribution in [1.82, 2.24) is 5.32 Å². The van der Waals surface area contributed by atoms with E-state index in [4.69, 9.17) is 0 Å². The van der Waals surface area contributed by atoms with Gasteiger partial charge in [-0.05, 0) is 32.4 Å². The topological polar surface area (TPSA) is 12.0 Å². The lowest BCUT2D eigenvalue weighted by atomic mass is 9.64. The third-order valence-electron chi connectivity index (χ3n) is 3.27. The van der Waals surface area contributed by atoms with Crippen LogP contribution in [0.1, 0.15) is 58.8 Å². The molecule has 0 fully saturated rings. The Labute approximate surface area is 110 Å². The van der Waals surface area contributed by atoms with Crippen LogP contribution in [0.2, 0.25) is 6.32 Å². The first kappa shape index (κ1) is 16.8. The number of nitrogens with one attached hydrogen (secondary N) is 1. The fourth-order valence-electron chi connectivity index (χ4n) is 2.08. The summed E-state index contributed by atoms with van der Waals surface area (Å²) in [5.74, 6) is 0.866. The third kappa shape index (κ3) is 13.7. The van der Waals surface area contributed by atoms with Crippen LogP contribution in [0.15, 0.2) is 12.1 Å². The molecule has 0 aromatic heterocycles. The molecule has 0 aliphatic carbocycles. The Balaban J connectivity index is 3.18. The Morgan fingerprint density at radius 2 is 1.88 bits per heavy atom. The van der Waals surface area contributed by atoms with Crippen LogP contribution in [-0.2, 0) is 0 Å². The molecule has 0 heterocycles. The molecule has 100 valence electrons. The smallest absolute Gasteiger partial charge is 0.151 e. The summed E-state index contributed by atoms with van der Waals surface area (Å²) in [6.45, 7) is 9.96.